The van der Waals surface area contributed by atoms with Gasteiger partial charge in [-0.1, -0.05) is 23.7 Å². The van der Waals surface area contributed by atoms with Crippen molar-refractivity contribution in [3.8, 4) is 0 Å². The number of fused-ring (bicyclic) bond motifs is 1. The molecular weight excluding hydrogens is 316 g/mol. The molecule has 0 saturated carbocycles. The van der Waals surface area contributed by atoms with E-state index in [1.807, 2.05) is 0 Å². The normalized spacial score (nSPS) is 14.8. The van der Waals surface area contributed by atoms with Crippen LogP contribution in [-0.4, -0.2) is 30.4 Å². The first-order chi connectivity index (χ1) is 9.91. The summed E-state index contributed by atoms with van der Waals surface area (Å²) < 4.78 is 27.8. The molecule has 7 nitrogen and oxygen atoms in total. The lowest BCUT2D eigenvalue weighted by atomic mass is 10.2. The standard InChI is InChI=1S/C12H11ClN4O3S/c1-16-7-14-12(11(16)13)21(19,20)17-6-10(18)15-8-4-2-3-5-9(8)17/h2-5,7H,6H2,1H3,(H,15,18). The maximum atomic E-state index is 12.7. The Kier molecular flexibility index (Phi) is 3.14. The van der Waals surface area contributed by atoms with Crippen LogP contribution in [0.5, 0.6) is 0 Å². The predicted octanol–water partition coefficient (Wildman–Crippen LogP) is 1.22. The maximum Gasteiger partial charge on any atom is 0.285 e. The van der Waals surface area contributed by atoms with Crippen LogP contribution in [0, 0.1) is 0 Å². The van der Waals surface area contributed by atoms with Crippen LogP contribution in [0.3, 0.4) is 0 Å². The van der Waals surface area contributed by atoms with Crippen LogP contribution in [0.1, 0.15) is 0 Å². The second-order valence-electron chi connectivity index (χ2n) is 4.53. The van der Waals surface area contributed by atoms with Gasteiger partial charge in [-0.2, -0.15) is 8.42 Å². The van der Waals surface area contributed by atoms with Crippen LogP contribution in [-0.2, 0) is 21.9 Å². The number of imidazole rings is 1. The summed E-state index contributed by atoms with van der Waals surface area (Å²) in [6, 6.07) is 6.65. The molecule has 1 N–H and O–H groups in total. The third-order valence-corrected chi connectivity index (χ3v) is 5.35. The van der Waals surface area contributed by atoms with E-state index >= 15 is 0 Å². The fraction of sp³-hybridized carbons (Fsp3) is 0.167. The van der Waals surface area contributed by atoms with E-state index in [2.05, 4.69) is 10.3 Å². The fourth-order valence-corrected chi connectivity index (χ4v) is 3.92. The number of halogens is 1. The van der Waals surface area contributed by atoms with Crippen molar-refractivity contribution in [2.45, 2.75) is 5.03 Å². The summed E-state index contributed by atoms with van der Waals surface area (Å²) in [5.74, 6) is -0.413. The van der Waals surface area contributed by atoms with Crippen LogP contribution in [0.25, 0.3) is 0 Å². The van der Waals surface area contributed by atoms with Crippen molar-refractivity contribution in [1.29, 1.82) is 0 Å². The van der Waals surface area contributed by atoms with Crippen molar-refractivity contribution >= 4 is 38.9 Å². The van der Waals surface area contributed by atoms with Crippen molar-refractivity contribution in [1.82, 2.24) is 9.55 Å². The highest BCUT2D eigenvalue weighted by Crippen LogP contribution is 2.34. The molecule has 2 aromatic rings. The molecule has 21 heavy (non-hydrogen) atoms. The Hall–Kier alpha value is -2.06. The molecule has 1 aromatic heterocycles. The van der Waals surface area contributed by atoms with Gasteiger partial charge < -0.3 is 9.88 Å². The highest BCUT2D eigenvalue weighted by Gasteiger charge is 2.35. The average Bonchev–Trinajstić information content (AvgIpc) is 2.78. The number of para-hydroxylation sites is 2. The molecule has 1 amide bonds. The van der Waals surface area contributed by atoms with E-state index in [0.29, 0.717) is 11.4 Å². The summed E-state index contributed by atoms with van der Waals surface area (Å²) in [6.07, 6.45) is 1.31. The van der Waals surface area contributed by atoms with Gasteiger partial charge in [-0.3, -0.25) is 9.10 Å². The molecule has 0 bridgehead atoms. The molecule has 0 aliphatic carbocycles. The molecule has 0 saturated heterocycles. The Morgan fingerprint density at radius 3 is 2.71 bits per heavy atom. The van der Waals surface area contributed by atoms with Gasteiger partial charge in [0.25, 0.3) is 10.0 Å². The number of aryl methyl sites for hydroxylation is 1. The van der Waals surface area contributed by atoms with Crippen molar-refractivity contribution in [2.75, 3.05) is 16.2 Å². The zero-order valence-electron chi connectivity index (χ0n) is 10.9. The molecule has 110 valence electrons. The molecule has 1 aliphatic rings. The molecule has 0 atom stereocenters. The molecule has 2 heterocycles. The number of carbonyl (C=O) groups is 1. The van der Waals surface area contributed by atoms with Gasteiger partial charge in [0.15, 0.2) is 0 Å². The summed E-state index contributed by atoms with van der Waals surface area (Å²) in [4.78, 5) is 15.6. The number of anilines is 2. The number of nitrogens with one attached hydrogen (secondary N) is 1. The summed E-state index contributed by atoms with van der Waals surface area (Å²) in [5.41, 5.74) is 0.822. The van der Waals surface area contributed by atoms with Crippen molar-refractivity contribution in [2.24, 2.45) is 7.05 Å². The minimum Gasteiger partial charge on any atom is -0.324 e. The predicted molar refractivity (Wildman–Crippen MR) is 77.8 cm³/mol. The molecule has 3 rings (SSSR count). The Morgan fingerprint density at radius 2 is 2.05 bits per heavy atom. The van der Waals surface area contributed by atoms with E-state index in [0.717, 1.165) is 4.31 Å². The maximum absolute atomic E-state index is 12.7. The molecule has 1 aliphatic heterocycles. The molecule has 0 spiro atoms. The van der Waals surface area contributed by atoms with E-state index in [-0.39, 0.29) is 16.7 Å². The summed E-state index contributed by atoms with van der Waals surface area (Å²) in [7, 11) is -2.42. The van der Waals surface area contributed by atoms with Gasteiger partial charge in [0.1, 0.15) is 11.7 Å². The lowest BCUT2D eigenvalue weighted by molar-refractivity contribution is -0.115. The number of carbonyl (C=O) groups excluding carboxylic acids is 1. The molecule has 1 aromatic carbocycles. The topological polar surface area (TPSA) is 84.3 Å². The van der Waals surface area contributed by atoms with Gasteiger partial charge in [-0.05, 0) is 12.1 Å². The van der Waals surface area contributed by atoms with E-state index in [9.17, 15) is 13.2 Å². The molecule has 9 heteroatoms. The second-order valence-corrected chi connectivity index (χ2v) is 6.66. The van der Waals surface area contributed by atoms with Crippen LogP contribution < -0.4 is 9.62 Å². The number of hydrogen-bond acceptors (Lipinski definition) is 4. The highest BCUT2D eigenvalue weighted by molar-refractivity contribution is 7.92. The van der Waals surface area contributed by atoms with Crippen molar-refractivity contribution < 1.29 is 13.2 Å². The van der Waals surface area contributed by atoms with E-state index in [1.54, 1.807) is 31.3 Å². The number of aromatic nitrogens is 2. The molecule has 0 unspecified atom stereocenters. The number of amides is 1. The van der Waals surface area contributed by atoms with Gasteiger partial charge in [0, 0.05) is 7.05 Å². The first-order valence-electron chi connectivity index (χ1n) is 5.99. The van der Waals surface area contributed by atoms with E-state index in [1.165, 1.54) is 10.9 Å². The number of rotatable bonds is 2. The smallest absolute Gasteiger partial charge is 0.285 e. The third-order valence-electron chi connectivity index (χ3n) is 3.10. The minimum absolute atomic E-state index is 0.00142. The summed E-state index contributed by atoms with van der Waals surface area (Å²) >= 11 is 5.97. The second kappa shape index (κ2) is 4.74. The number of sulfonamides is 1. The Balaban J connectivity index is 2.16. The van der Waals surface area contributed by atoms with Gasteiger partial charge in [-0.25, -0.2) is 4.98 Å². The van der Waals surface area contributed by atoms with Crippen molar-refractivity contribution in [3.05, 3.63) is 35.7 Å². The van der Waals surface area contributed by atoms with E-state index in [4.69, 9.17) is 11.6 Å². The fourth-order valence-electron chi connectivity index (χ4n) is 2.09. The zero-order chi connectivity index (χ0) is 15.2. The Morgan fingerprint density at radius 1 is 1.33 bits per heavy atom. The van der Waals surface area contributed by atoms with Gasteiger partial charge in [-0.15, -0.1) is 0 Å². The largest absolute Gasteiger partial charge is 0.324 e. The van der Waals surface area contributed by atoms with Crippen LogP contribution >= 0.6 is 11.6 Å². The third kappa shape index (κ3) is 2.16. The van der Waals surface area contributed by atoms with Crippen LogP contribution in [0.2, 0.25) is 5.15 Å². The van der Waals surface area contributed by atoms with Gasteiger partial charge in [0.2, 0.25) is 10.9 Å². The van der Waals surface area contributed by atoms with Crippen LogP contribution in [0.4, 0.5) is 11.4 Å². The first kappa shape index (κ1) is 13.9. The SMILES string of the molecule is Cn1cnc(S(=O)(=O)N2CC(=O)Nc3ccccc32)c1Cl. The molecular formula is C12H11ClN4O3S. The highest BCUT2D eigenvalue weighted by atomic mass is 35.5. The van der Waals surface area contributed by atoms with Gasteiger partial charge in [0.05, 0.1) is 17.7 Å². The first-order valence-corrected chi connectivity index (χ1v) is 7.81. The monoisotopic (exact) mass is 326 g/mol. The average molecular weight is 327 g/mol. The number of nitrogens with zero attached hydrogens (tertiary/aromatic N) is 3. The number of hydrogen-bond donors (Lipinski definition) is 1. The van der Waals surface area contributed by atoms with Crippen molar-refractivity contribution in [3.63, 3.8) is 0 Å². The van der Waals surface area contributed by atoms with Crippen LogP contribution in [0.15, 0.2) is 35.6 Å². The summed E-state index contributed by atoms with van der Waals surface area (Å²) in [6.45, 7) is -0.313. The lowest BCUT2D eigenvalue weighted by Crippen LogP contribution is -2.42. The molecule has 0 fully saturated rings. The quantitative estimate of drug-likeness (QED) is 0.899. The lowest BCUT2D eigenvalue weighted by Gasteiger charge is -2.29. The van der Waals surface area contributed by atoms with E-state index < -0.39 is 15.9 Å². The Bertz CT molecular complexity index is 831. The molecule has 0 radical (unpaired) electrons. The summed E-state index contributed by atoms with van der Waals surface area (Å²) in [5, 5.41) is 2.36. The number of benzene rings is 1. The van der Waals surface area contributed by atoms with Gasteiger partial charge >= 0.3 is 0 Å². The minimum atomic E-state index is -4.01. The Labute approximate surface area is 126 Å². The zero-order valence-corrected chi connectivity index (χ0v) is 12.5.